The molecular formula is C27H32N4O5S2. The predicted octanol–water partition coefficient (Wildman–Crippen LogP) is 3.04. The van der Waals surface area contributed by atoms with Crippen LogP contribution in [0.3, 0.4) is 0 Å². The van der Waals surface area contributed by atoms with Gasteiger partial charge in [0, 0.05) is 45.0 Å². The molecule has 0 N–H and O–H groups in total. The number of rotatable bonds is 10. The predicted molar refractivity (Wildman–Crippen MR) is 151 cm³/mol. The van der Waals surface area contributed by atoms with Gasteiger partial charge in [0.1, 0.15) is 0 Å². The average Bonchev–Trinajstić information content (AvgIpc) is 3.29. The van der Waals surface area contributed by atoms with E-state index in [2.05, 4.69) is 22.0 Å². The van der Waals surface area contributed by atoms with Crippen LogP contribution in [0.1, 0.15) is 17.3 Å². The molecule has 202 valence electrons. The standard InChI is InChI=1S/C27H32N4O5S2/c1-3-36-16-15-31-22-10-9-20(26(34)35-2)17-23(22)38-27(31)28-24(32)18-37-19-25(33)30-13-11-29(12-14-30)21-7-5-4-6-8-21/h4-10,17H,3,11-16,18-19H2,1-2H3. The zero-order chi connectivity index (χ0) is 26.9. The van der Waals surface area contributed by atoms with E-state index in [4.69, 9.17) is 9.47 Å². The maximum absolute atomic E-state index is 12.7. The van der Waals surface area contributed by atoms with Gasteiger partial charge in [-0.1, -0.05) is 29.5 Å². The number of carbonyl (C=O) groups is 3. The number of benzene rings is 2. The number of ether oxygens (including phenoxy) is 2. The van der Waals surface area contributed by atoms with Gasteiger partial charge < -0.3 is 23.8 Å². The number of amides is 2. The number of anilines is 1. The Morgan fingerprint density at radius 2 is 1.79 bits per heavy atom. The molecule has 0 atom stereocenters. The van der Waals surface area contributed by atoms with Crippen LogP contribution < -0.4 is 9.70 Å². The molecule has 1 aliphatic rings. The molecule has 2 heterocycles. The van der Waals surface area contributed by atoms with Crippen molar-refractivity contribution < 1.29 is 23.9 Å². The number of aromatic nitrogens is 1. The molecule has 2 aromatic carbocycles. The fraction of sp³-hybridized carbons (Fsp3) is 0.407. The van der Waals surface area contributed by atoms with Crippen LogP contribution in [0.4, 0.5) is 5.69 Å². The number of piperazine rings is 1. The van der Waals surface area contributed by atoms with Gasteiger partial charge in [0.05, 0.1) is 41.0 Å². The summed E-state index contributed by atoms with van der Waals surface area (Å²) in [5.74, 6) is -0.325. The molecule has 0 unspecified atom stereocenters. The van der Waals surface area contributed by atoms with E-state index >= 15 is 0 Å². The van der Waals surface area contributed by atoms with Gasteiger partial charge in [-0.3, -0.25) is 9.59 Å². The number of esters is 1. The summed E-state index contributed by atoms with van der Waals surface area (Å²) >= 11 is 2.62. The third-order valence-electron chi connectivity index (χ3n) is 6.19. The molecule has 1 saturated heterocycles. The number of thioether (sulfide) groups is 1. The largest absolute Gasteiger partial charge is 0.465 e. The second kappa shape index (κ2) is 13.6. The Balaban J connectivity index is 1.36. The zero-order valence-electron chi connectivity index (χ0n) is 21.6. The second-order valence-corrected chi connectivity index (χ2v) is 10.6. The minimum atomic E-state index is -0.418. The molecule has 1 aliphatic heterocycles. The first-order valence-corrected chi connectivity index (χ1v) is 14.5. The quantitative estimate of drug-likeness (QED) is 0.280. The highest BCUT2D eigenvalue weighted by Crippen LogP contribution is 2.20. The first kappa shape index (κ1) is 27.9. The van der Waals surface area contributed by atoms with Crippen LogP contribution in [0, 0.1) is 0 Å². The third kappa shape index (κ3) is 7.03. The van der Waals surface area contributed by atoms with E-state index in [1.807, 2.05) is 40.7 Å². The summed E-state index contributed by atoms with van der Waals surface area (Å²) in [7, 11) is 1.34. The molecule has 9 nitrogen and oxygen atoms in total. The van der Waals surface area contributed by atoms with E-state index in [0.29, 0.717) is 43.2 Å². The monoisotopic (exact) mass is 556 g/mol. The highest BCUT2D eigenvalue weighted by Gasteiger charge is 2.21. The van der Waals surface area contributed by atoms with E-state index in [9.17, 15) is 14.4 Å². The molecule has 38 heavy (non-hydrogen) atoms. The number of hydrogen-bond acceptors (Lipinski definition) is 8. The van der Waals surface area contributed by atoms with Crippen molar-refractivity contribution in [3.05, 3.63) is 58.9 Å². The Morgan fingerprint density at radius 3 is 2.50 bits per heavy atom. The van der Waals surface area contributed by atoms with Gasteiger partial charge in [0.15, 0.2) is 4.80 Å². The number of hydrogen-bond donors (Lipinski definition) is 0. The van der Waals surface area contributed by atoms with Crippen molar-refractivity contribution in [2.24, 2.45) is 4.99 Å². The Morgan fingerprint density at radius 1 is 1.03 bits per heavy atom. The Labute approximate surface area is 230 Å². The molecule has 1 fully saturated rings. The first-order chi connectivity index (χ1) is 18.5. The molecule has 2 amide bonds. The maximum atomic E-state index is 12.7. The normalized spacial score (nSPS) is 14.2. The van der Waals surface area contributed by atoms with Gasteiger partial charge in [-0.15, -0.1) is 11.8 Å². The SMILES string of the molecule is CCOCCn1c(=NC(=O)CSCC(=O)N2CCN(c3ccccc3)CC2)sc2cc(C(=O)OC)ccc21. The lowest BCUT2D eigenvalue weighted by Gasteiger charge is -2.36. The van der Waals surface area contributed by atoms with Crippen molar-refractivity contribution in [2.45, 2.75) is 13.5 Å². The second-order valence-electron chi connectivity index (χ2n) is 8.61. The summed E-state index contributed by atoms with van der Waals surface area (Å²) in [6, 6.07) is 15.5. The summed E-state index contributed by atoms with van der Waals surface area (Å²) < 4.78 is 13.1. The maximum Gasteiger partial charge on any atom is 0.337 e. The van der Waals surface area contributed by atoms with Crippen LogP contribution in [0.5, 0.6) is 0 Å². The number of fused-ring (bicyclic) bond motifs is 1. The minimum absolute atomic E-state index is 0.0412. The van der Waals surface area contributed by atoms with Crippen molar-refractivity contribution in [2.75, 3.05) is 62.9 Å². The molecule has 0 aliphatic carbocycles. The zero-order valence-corrected chi connectivity index (χ0v) is 23.3. The van der Waals surface area contributed by atoms with Gasteiger partial charge in [-0.05, 0) is 37.3 Å². The van der Waals surface area contributed by atoms with Crippen LogP contribution in [0.25, 0.3) is 10.2 Å². The summed E-state index contributed by atoms with van der Waals surface area (Å²) in [5.41, 5.74) is 2.48. The third-order valence-corrected chi connectivity index (χ3v) is 8.14. The Bertz CT molecular complexity index is 1330. The summed E-state index contributed by atoms with van der Waals surface area (Å²) in [6.45, 7) is 6.44. The van der Waals surface area contributed by atoms with Gasteiger partial charge >= 0.3 is 5.97 Å². The molecule has 0 radical (unpaired) electrons. The van der Waals surface area contributed by atoms with Crippen molar-refractivity contribution in [1.29, 1.82) is 0 Å². The number of para-hydroxylation sites is 1. The lowest BCUT2D eigenvalue weighted by molar-refractivity contribution is -0.128. The van der Waals surface area contributed by atoms with E-state index in [1.165, 1.54) is 35.9 Å². The number of methoxy groups -OCH3 is 1. The molecule has 0 saturated carbocycles. The first-order valence-electron chi connectivity index (χ1n) is 12.5. The fourth-order valence-corrected chi connectivity index (χ4v) is 6.04. The highest BCUT2D eigenvalue weighted by atomic mass is 32.2. The van der Waals surface area contributed by atoms with E-state index in [-0.39, 0.29) is 23.3 Å². The van der Waals surface area contributed by atoms with Crippen LogP contribution in [-0.4, -0.2) is 85.3 Å². The van der Waals surface area contributed by atoms with Crippen LogP contribution in [-0.2, 0) is 25.6 Å². The van der Waals surface area contributed by atoms with Gasteiger partial charge in [-0.2, -0.15) is 4.99 Å². The van der Waals surface area contributed by atoms with E-state index in [1.54, 1.807) is 12.1 Å². The fourth-order valence-electron chi connectivity index (χ4n) is 4.23. The van der Waals surface area contributed by atoms with Crippen LogP contribution in [0.15, 0.2) is 53.5 Å². The van der Waals surface area contributed by atoms with Gasteiger partial charge in [0.2, 0.25) is 5.91 Å². The average molecular weight is 557 g/mol. The van der Waals surface area contributed by atoms with Crippen LogP contribution >= 0.6 is 23.1 Å². The van der Waals surface area contributed by atoms with Gasteiger partial charge in [0.25, 0.3) is 5.91 Å². The Hall–Kier alpha value is -3.15. The molecule has 11 heteroatoms. The minimum Gasteiger partial charge on any atom is -0.465 e. The number of carbonyl (C=O) groups excluding carboxylic acids is 3. The van der Waals surface area contributed by atoms with E-state index < -0.39 is 5.97 Å². The molecule has 0 spiro atoms. The topological polar surface area (TPSA) is 93.4 Å². The molecule has 1 aromatic heterocycles. The Kier molecular flexibility index (Phi) is 9.97. The summed E-state index contributed by atoms with van der Waals surface area (Å²) in [6.07, 6.45) is 0. The number of thiazole rings is 1. The smallest absolute Gasteiger partial charge is 0.337 e. The van der Waals surface area contributed by atoms with E-state index in [0.717, 1.165) is 23.3 Å². The van der Waals surface area contributed by atoms with Crippen molar-refractivity contribution in [3.63, 3.8) is 0 Å². The summed E-state index contributed by atoms with van der Waals surface area (Å²) in [4.78, 5) is 46.4. The van der Waals surface area contributed by atoms with Crippen molar-refractivity contribution in [1.82, 2.24) is 9.47 Å². The van der Waals surface area contributed by atoms with Crippen molar-refractivity contribution >= 4 is 56.8 Å². The summed E-state index contributed by atoms with van der Waals surface area (Å²) in [5, 5.41) is 0. The lowest BCUT2D eigenvalue weighted by atomic mass is 10.2. The van der Waals surface area contributed by atoms with Crippen molar-refractivity contribution in [3.8, 4) is 0 Å². The van der Waals surface area contributed by atoms with Crippen LogP contribution in [0.2, 0.25) is 0 Å². The molecule has 3 aromatic rings. The molecule has 0 bridgehead atoms. The molecule has 4 rings (SSSR count). The van der Waals surface area contributed by atoms with Gasteiger partial charge in [-0.25, -0.2) is 4.79 Å². The highest BCUT2D eigenvalue weighted by molar-refractivity contribution is 8.00. The lowest BCUT2D eigenvalue weighted by Crippen LogP contribution is -2.49. The number of nitrogens with zero attached hydrogens (tertiary/aromatic N) is 4. The molecular weight excluding hydrogens is 524 g/mol.